The van der Waals surface area contributed by atoms with Gasteiger partial charge in [0.25, 0.3) is 5.91 Å². The summed E-state index contributed by atoms with van der Waals surface area (Å²) in [7, 11) is 2.15. The maximum Gasteiger partial charge on any atom is 0.332 e. The Kier molecular flexibility index (Phi) is 7.19. The zero-order valence-corrected chi connectivity index (χ0v) is 24.3. The fourth-order valence-corrected chi connectivity index (χ4v) is 6.31. The number of benzene rings is 3. The number of hydrogen-bond acceptors (Lipinski definition) is 8. The average molecular weight is 592 g/mol. The molecule has 0 bridgehead atoms. The lowest BCUT2D eigenvalue weighted by atomic mass is 10.1. The molecule has 0 spiro atoms. The summed E-state index contributed by atoms with van der Waals surface area (Å²) < 4.78 is 5.98. The van der Waals surface area contributed by atoms with Crippen molar-refractivity contribution in [1.82, 2.24) is 19.8 Å². The molecule has 3 aromatic carbocycles. The minimum Gasteiger partial charge on any atom is -0.457 e. The monoisotopic (exact) mass is 591 g/mol. The molecule has 10 nitrogen and oxygen atoms in total. The maximum absolute atomic E-state index is 13.5. The summed E-state index contributed by atoms with van der Waals surface area (Å²) in [5, 5.41) is 6.53. The lowest BCUT2D eigenvalue weighted by Gasteiger charge is -2.32. The van der Waals surface area contributed by atoms with E-state index in [1.807, 2.05) is 72.8 Å². The van der Waals surface area contributed by atoms with Gasteiger partial charge in [-0.25, -0.2) is 19.7 Å². The summed E-state index contributed by atoms with van der Waals surface area (Å²) >= 11 is 1.22. The molecule has 43 heavy (non-hydrogen) atoms. The van der Waals surface area contributed by atoms with Gasteiger partial charge >= 0.3 is 6.03 Å². The molecule has 0 unspecified atom stereocenters. The lowest BCUT2D eigenvalue weighted by molar-refractivity contribution is 0.103. The van der Waals surface area contributed by atoms with Crippen LogP contribution in [0.2, 0.25) is 0 Å². The number of likely N-dealkylation sites (N-methyl/N-ethyl adjacent to an activating group) is 1. The van der Waals surface area contributed by atoms with Gasteiger partial charge in [-0.2, -0.15) is 0 Å². The van der Waals surface area contributed by atoms with E-state index in [9.17, 15) is 9.59 Å². The van der Waals surface area contributed by atoms with Crippen molar-refractivity contribution in [2.24, 2.45) is 0 Å². The van der Waals surface area contributed by atoms with E-state index in [1.54, 1.807) is 6.07 Å². The second-order valence-electron chi connectivity index (χ2n) is 10.6. The molecule has 2 aliphatic rings. The Morgan fingerprint density at radius 3 is 2.51 bits per heavy atom. The van der Waals surface area contributed by atoms with E-state index < -0.39 is 6.03 Å². The highest BCUT2D eigenvalue weighted by Crippen LogP contribution is 2.45. The Morgan fingerprint density at radius 2 is 1.72 bits per heavy atom. The zero-order chi connectivity index (χ0) is 29.3. The number of anilines is 4. The van der Waals surface area contributed by atoms with Gasteiger partial charge in [-0.3, -0.25) is 9.69 Å². The summed E-state index contributed by atoms with van der Waals surface area (Å²) in [5.41, 5.74) is 2.87. The van der Waals surface area contributed by atoms with Crippen LogP contribution in [0.4, 0.5) is 27.7 Å². The molecular weight excluding hydrogens is 562 g/mol. The smallest absolute Gasteiger partial charge is 0.332 e. The van der Waals surface area contributed by atoms with Gasteiger partial charge in [0.2, 0.25) is 0 Å². The first-order valence-corrected chi connectivity index (χ1v) is 14.9. The Bertz CT molecular complexity index is 1800. The Labute approximate surface area is 252 Å². The van der Waals surface area contributed by atoms with Gasteiger partial charge in [0.15, 0.2) is 5.82 Å². The van der Waals surface area contributed by atoms with Crippen molar-refractivity contribution in [2.75, 3.05) is 48.8 Å². The number of nitrogens with one attached hydrogen (secondary N) is 2. The second kappa shape index (κ2) is 11.4. The Hall–Kier alpha value is -4.84. The Morgan fingerprint density at radius 1 is 0.953 bits per heavy atom. The molecule has 4 heterocycles. The highest BCUT2D eigenvalue weighted by Gasteiger charge is 2.34. The van der Waals surface area contributed by atoms with Gasteiger partial charge in [-0.1, -0.05) is 36.4 Å². The maximum atomic E-state index is 13.5. The van der Waals surface area contributed by atoms with E-state index in [0.717, 1.165) is 32.7 Å². The zero-order valence-electron chi connectivity index (χ0n) is 23.5. The van der Waals surface area contributed by atoms with Crippen LogP contribution in [-0.4, -0.2) is 64.9 Å². The van der Waals surface area contributed by atoms with Crippen LogP contribution in [-0.2, 0) is 6.54 Å². The van der Waals surface area contributed by atoms with Crippen molar-refractivity contribution >= 4 is 56.4 Å². The predicted molar refractivity (Wildman–Crippen MR) is 169 cm³/mol. The molecular formula is C32H29N7O3S. The minimum absolute atomic E-state index is 0.317. The molecule has 1 fully saturated rings. The molecule has 0 radical (unpaired) electrons. The molecule has 0 saturated carbocycles. The van der Waals surface area contributed by atoms with Gasteiger partial charge in [0.1, 0.15) is 27.5 Å². The summed E-state index contributed by atoms with van der Waals surface area (Å²) in [6, 6.07) is 24.1. The van der Waals surface area contributed by atoms with E-state index in [0.29, 0.717) is 49.5 Å². The van der Waals surface area contributed by atoms with Crippen molar-refractivity contribution in [1.29, 1.82) is 0 Å². The number of amides is 3. The van der Waals surface area contributed by atoms with Crippen LogP contribution in [0.15, 0.2) is 85.2 Å². The molecule has 0 aliphatic carbocycles. The fourth-order valence-electron chi connectivity index (χ4n) is 5.32. The standard InChI is InChI=1S/C32H29N7O3S/c1-37-14-16-38(17-15-37)19-21-10-12-22(13-11-21)35-30(40)28-27-26-29(33-20-34-31(26)43-28)39(32(41)36-27)23-6-5-9-25(18-23)42-24-7-3-2-4-8-24/h2-13,18,20H,14-17,19H2,1H3,(H,35,40)(H,36,41). The summed E-state index contributed by atoms with van der Waals surface area (Å²) in [6.45, 7) is 5.12. The van der Waals surface area contributed by atoms with Gasteiger partial charge in [0, 0.05) is 44.5 Å². The quantitative estimate of drug-likeness (QED) is 0.233. The number of urea groups is 1. The molecule has 5 aromatic rings. The third kappa shape index (κ3) is 5.53. The molecule has 2 N–H and O–H groups in total. The van der Waals surface area contributed by atoms with Crippen LogP contribution in [0, 0.1) is 0 Å². The van der Waals surface area contributed by atoms with Crippen LogP contribution in [0.1, 0.15) is 15.2 Å². The number of aromatic nitrogens is 2. The Balaban J connectivity index is 1.12. The van der Waals surface area contributed by atoms with Crippen molar-refractivity contribution in [3.63, 3.8) is 0 Å². The number of nitrogens with zero attached hydrogens (tertiary/aromatic N) is 5. The molecule has 3 amide bonds. The molecule has 1 saturated heterocycles. The molecule has 2 aromatic heterocycles. The van der Waals surface area contributed by atoms with Crippen LogP contribution >= 0.6 is 11.3 Å². The van der Waals surface area contributed by atoms with Crippen LogP contribution in [0.3, 0.4) is 0 Å². The van der Waals surface area contributed by atoms with E-state index in [-0.39, 0.29) is 5.91 Å². The highest BCUT2D eigenvalue weighted by molar-refractivity contribution is 7.21. The van der Waals surface area contributed by atoms with E-state index >= 15 is 0 Å². The van der Waals surface area contributed by atoms with Crippen LogP contribution in [0.5, 0.6) is 11.5 Å². The van der Waals surface area contributed by atoms with Gasteiger partial charge < -0.3 is 20.3 Å². The first-order valence-electron chi connectivity index (χ1n) is 14.0. The minimum atomic E-state index is -0.426. The van der Waals surface area contributed by atoms with E-state index in [4.69, 9.17) is 4.74 Å². The van der Waals surface area contributed by atoms with Crippen molar-refractivity contribution < 1.29 is 14.3 Å². The molecule has 216 valence electrons. The first kappa shape index (κ1) is 27.0. The van der Waals surface area contributed by atoms with E-state index in [2.05, 4.69) is 37.4 Å². The van der Waals surface area contributed by atoms with Crippen LogP contribution in [0.25, 0.3) is 10.2 Å². The predicted octanol–water partition coefficient (Wildman–Crippen LogP) is 6.17. The number of hydrogen-bond donors (Lipinski definition) is 2. The largest absolute Gasteiger partial charge is 0.457 e. The van der Waals surface area contributed by atoms with Crippen LogP contribution < -0.4 is 20.3 Å². The van der Waals surface area contributed by atoms with Crippen molar-refractivity contribution in [3.05, 3.63) is 95.6 Å². The lowest BCUT2D eigenvalue weighted by Crippen LogP contribution is -2.43. The van der Waals surface area contributed by atoms with Gasteiger partial charge in [-0.05, 0) is 49.0 Å². The third-order valence-corrected chi connectivity index (χ3v) is 8.69. The number of carbonyl (C=O) groups excluding carboxylic acids is 2. The number of para-hydroxylation sites is 1. The SMILES string of the molecule is CN1CCN(Cc2ccc(NC(=O)c3sc4ncnc5c4c3NC(=O)N5c3cccc(Oc4ccccc4)c3)cc2)CC1. The molecule has 7 rings (SSSR count). The number of ether oxygens (including phenoxy) is 1. The number of rotatable bonds is 7. The third-order valence-electron chi connectivity index (χ3n) is 7.59. The first-order chi connectivity index (χ1) is 21.0. The average Bonchev–Trinajstić information content (AvgIpc) is 3.39. The topological polar surface area (TPSA) is 103 Å². The van der Waals surface area contributed by atoms with Crippen molar-refractivity contribution in [2.45, 2.75) is 6.54 Å². The molecule has 11 heteroatoms. The van der Waals surface area contributed by atoms with Crippen molar-refractivity contribution in [3.8, 4) is 11.5 Å². The highest BCUT2D eigenvalue weighted by atomic mass is 32.1. The molecule has 0 atom stereocenters. The fraction of sp³-hybridized carbons (Fsp3) is 0.188. The number of piperazine rings is 1. The molecule has 2 aliphatic heterocycles. The van der Waals surface area contributed by atoms with Gasteiger partial charge in [-0.15, -0.1) is 11.3 Å². The second-order valence-corrected chi connectivity index (χ2v) is 11.6. The number of carbonyl (C=O) groups is 2. The number of thiophene rings is 1. The normalized spacial score (nSPS) is 15.4. The summed E-state index contributed by atoms with van der Waals surface area (Å²) in [5.74, 6) is 1.35. The summed E-state index contributed by atoms with van der Waals surface area (Å²) in [4.78, 5) is 43.1. The van der Waals surface area contributed by atoms with Gasteiger partial charge in [0.05, 0.1) is 16.8 Å². The van der Waals surface area contributed by atoms with E-state index in [1.165, 1.54) is 28.1 Å². The summed E-state index contributed by atoms with van der Waals surface area (Å²) in [6.07, 6.45) is 1.41.